The fourth-order valence-corrected chi connectivity index (χ4v) is 0.955. The highest BCUT2D eigenvalue weighted by atomic mass is 79.9. The van der Waals surface area contributed by atoms with Crippen LogP contribution in [-0.2, 0) is 4.79 Å². The van der Waals surface area contributed by atoms with Crippen LogP contribution >= 0.6 is 15.9 Å². The Morgan fingerprint density at radius 3 is 2.71 bits per heavy atom. The van der Waals surface area contributed by atoms with Gasteiger partial charge in [0.05, 0.1) is 4.83 Å². The van der Waals surface area contributed by atoms with Crippen LogP contribution in [0.25, 0.3) is 0 Å². The molecule has 0 bridgehead atoms. The molecule has 0 aromatic rings. The van der Waals surface area contributed by atoms with Crippen LogP contribution in [0.2, 0.25) is 0 Å². The van der Waals surface area contributed by atoms with E-state index in [0.717, 1.165) is 13.0 Å². The van der Waals surface area contributed by atoms with E-state index >= 15 is 0 Å². The maximum Gasteiger partial charge on any atom is 0.233 e. The molecule has 0 saturated carbocycles. The third-order valence-electron chi connectivity index (χ3n) is 0.982. The number of hydrogen-bond acceptors (Lipinski definition) is 1. The van der Waals surface area contributed by atoms with Crippen molar-refractivity contribution in [1.29, 1.82) is 0 Å². The molecule has 1 rings (SSSR count). The van der Waals surface area contributed by atoms with E-state index in [1.54, 1.807) is 0 Å². The van der Waals surface area contributed by atoms with Crippen molar-refractivity contribution in [2.24, 2.45) is 0 Å². The fraction of sp³-hybridized carbons (Fsp3) is 0.750. The van der Waals surface area contributed by atoms with E-state index in [1.807, 2.05) is 0 Å². The van der Waals surface area contributed by atoms with Gasteiger partial charge in [-0.05, 0) is 6.42 Å². The Morgan fingerprint density at radius 2 is 2.57 bits per heavy atom. The van der Waals surface area contributed by atoms with Crippen LogP contribution in [0.4, 0.5) is 0 Å². The number of halogens is 1. The molecule has 1 fully saturated rings. The first kappa shape index (κ1) is 5.09. The third-order valence-corrected chi connectivity index (χ3v) is 1.86. The Labute approximate surface area is 50.4 Å². The minimum atomic E-state index is 0.0764. The Morgan fingerprint density at radius 1 is 1.86 bits per heavy atom. The molecule has 1 N–H and O–H groups in total. The number of carbonyl (C=O) groups excluding carboxylic acids is 1. The third kappa shape index (κ3) is 0.938. The van der Waals surface area contributed by atoms with Crippen LogP contribution in [0.1, 0.15) is 6.42 Å². The Bertz CT molecular complexity index is 93.7. The molecule has 0 radical (unpaired) electrons. The van der Waals surface area contributed by atoms with Crippen LogP contribution in [0.5, 0.6) is 0 Å². The van der Waals surface area contributed by atoms with E-state index < -0.39 is 0 Å². The molecular weight excluding hydrogens is 158 g/mol. The summed E-state index contributed by atoms with van der Waals surface area (Å²) in [7, 11) is 0. The zero-order valence-corrected chi connectivity index (χ0v) is 5.36. The Kier molecular flexibility index (Phi) is 1.32. The minimum Gasteiger partial charge on any atom is -0.355 e. The predicted molar refractivity (Wildman–Crippen MR) is 30.3 cm³/mol. The molecule has 0 unspecified atom stereocenters. The predicted octanol–water partition coefficient (Wildman–Crippen LogP) is 0.270. The molecule has 3 heteroatoms. The van der Waals surface area contributed by atoms with E-state index in [4.69, 9.17) is 0 Å². The van der Waals surface area contributed by atoms with Gasteiger partial charge in [0.25, 0.3) is 0 Å². The lowest BCUT2D eigenvalue weighted by Crippen LogP contribution is -2.18. The second-order valence-electron chi connectivity index (χ2n) is 1.55. The molecule has 1 atom stereocenters. The molecule has 1 aliphatic heterocycles. The number of rotatable bonds is 0. The van der Waals surface area contributed by atoms with Gasteiger partial charge in [-0.3, -0.25) is 4.79 Å². The van der Waals surface area contributed by atoms with Crippen LogP contribution < -0.4 is 5.32 Å². The summed E-state index contributed by atoms with van der Waals surface area (Å²) in [5.74, 6) is 0.125. The van der Waals surface area contributed by atoms with E-state index in [9.17, 15) is 4.79 Å². The lowest BCUT2D eigenvalue weighted by atomic mass is 10.4. The van der Waals surface area contributed by atoms with Gasteiger partial charge in [-0.1, -0.05) is 15.9 Å². The highest BCUT2D eigenvalue weighted by molar-refractivity contribution is 9.10. The maximum atomic E-state index is 10.4. The van der Waals surface area contributed by atoms with Crippen LogP contribution in [0, 0.1) is 0 Å². The molecule has 0 aromatic heterocycles. The van der Waals surface area contributed by atoms with Gasteiger partial charge in [-0.15, -0.1) is 0 Å². The first-order chi connectivity index (χ1) is 3.30. The van der Waals surface area contributed by atoms with Crippen molar-refractivity contribution in [1.82, 2.24) is 5.32 Å². The Balaban J connectivity index is 2.48. The van der Waals surface area contributed by atoms with Gasteiger partial charge in [0.2, 0.25) is 5.91 Å². The molecular formula is C4H6BrNO. The number of hydrogen-bond donors (Lipinski definition) is 1. The van der Waals surface area contributed by atoms with Gasteiger partial charge in [0.15, 0.2) is 0 Å². The molecule has 1 aliphatic rings. The average molecular weight is 164 g/mol. The van der Waals surface area contributed by atoms with Crippen molar-refractivity contribution in [3.8, 4) is 0 Å². The number of carbonyl (C=O) groups is 1. The monoisotopic (exact) mass is 163 g/mol. The van der Waals surface area contributed by atoms with Gasteiger partial charge in [0, 0.05) is 6.54 Å². The quantitative estimate of drug-likeness (QED) is 0.511. The highest BCUT2D eigenvalue weighted by Crippen LogP contribution is 2.08. The summed E-state index contributed by atoms with van der Waals surface area (Å²) in [6.07, 6.45) is 0.929. The van der Waals surface area contributed by atoms with Gasteiger partial charge >= 0.3 is 0 Å². The van der Waals surface area contributed by atoms with Gasteiger partial charge in [-0.2, -0.15) is 0 Å². The zero-order valence-electron chi connectivity index (χ0n) is 3.78. The topological polar surface area (TPSA) is 29.1 Å². The molecule has 7 heavy (non-hydrogen) atoms. The first-order valence-corrected chi connectivity index (χ1v) is 3.14. The number of nitrogens with one attached hydrogen (secondary N) is 1. The van der Waals surface area contributed by atoms with Crippen LogP contribution in [-0.4, -0.2) is 17.3 Å². The minimum absolute atomic E-state index is 0.0764. The normalized spacial score (nSPS) is 30.4. The van der Waals surface area contributed by atoms with Crippen molar-refractivity contribution in [2.45, 2.75) is 11.2 Å². The maximum absolute atomic E-state index is 10.4. The molecule has 40 valence electrons. The SMILES string of the molecule is O=C1NCC[C@H]1Br. The van der Waals surface area contributed by atoms with Crippen molar-refractivity contribution in [3.63, 3.8) is 0 Å². The van der Waals surface area contributed by atoms with Crippen molar-refractivity contribution in [3.05, 3.63) is 0 Å². The van der Waals surface area contributed by atoms with Gasteiger partial charge in [-0.25, -0.2) is 0 Å². The first-order valence-electron chi connectivity index (χ1n) is 2.22. The zero-order chi connectivity index (χ0) is 5.28. The lowest BCUT2D eigenvalue weighted by molar-refractivity contribution is -0.118. The molecule has 0 spiro atoms. The molecule has 2 nitrogen and oxygen atoms in total. The van der Waals surface area contributed by atoms with Gasteiger partial charge < -0.3 is 5.32 Å². The van der Waals surface area contributed by atoms with Crippen molar-refractivity contribution >= 4 is 21.8 Å². The average Bonchev–Trinajstić information content (AvgIpc) is 1.91. The largest absolute Gasteiger partial charge is 0.355 e. The summed E-state index contributed by atoms with van der Waals surface area (Å²) in [5.41, 5.74) is 0. The van der Waals surface area contributed by atoms with E-state index in [2.05, 4.69) is 21.2 Å². The van der Waals surface area contributed by atoms with Gasteiger partial charge in [0.1, 0.15) is 0 Å². The molecule has 0 aromatic carbocycles. The van der Waals surface area contributed by atoms with E-state index in [1.165, 1.54) is 0 Å². The van der Waals surface area contributed by atoms with Crippen LogP contribution in [0.3, 0.4) is 0 Å². The summed E-state index contributed by atoms with van der Waals surface area (Å²) in [6.45, 7) is 0.828. The molecule has 1 amide bonds. The second-order valence-corrected chi connectivity index (χ2v) is 2.65. The lowest BCUT2D eigenvalue weighted by Gasteiger charge is -1.88. The van der Waals surface area contributed by atoms with E-state index in [-0.39, 0.29) is 10.7 Å². The van der Waals surface area contributed by atoms with Crippen LogP contribution in [0.15, 0.2) is 0 Å². The van der Waals surface area contributed by atoms with E-state index in [0.29, 0.717) is 0 Å². The molecule has 1 heterocycles. The second kappa shape index (κ2) is 1.82. The Hall–Kier alpha value is -0.0500. The van der Waals surface area contributed by atoms with Crippen molar-refractivity contribution in [2.75, 3.05) is 6.54 Å². The molecule has 0 aliphatic carbocycles. The summed E-state index contributed by atoms with van der Waals surface area (Å²) in [5, 5.41) is 2.68. The summed E-state index contributed by atoms with van der Waals surface area (Å²) in [4.78, 5) is 10.5. The smallest absolute Gasteiger partial charge is 0.233 e. The molecule has 1 saturated heterocycles. The highest BCUT2D eigenvalue weighted by Gasteiger charge is 2.19. The van der Waals surface area contributed by atoms with Crippen molar-refractivity contribution < 1.29 is 4.79 Å². The summed E-state index contributed by atoms with van der Waals surface area (Å²) in [6, 6.07) is 0. The number of amides is 1. The summed E-state index contributed by atoms with van der Waals surface area (Å²) < 4.78 is 0. The fourth-order valence-electron chi connectivity index (χ4n) is 0.564. The standard InChI is InChI=1S/C4H6BrNO/c5-3-1-2-6-4(3)7/h3H,1-2H2,(H,6,7)/t3-/m1/s1. The summed E-state index contributed by atoms with van der Waals surface area (Å²) >= 11 is 3.19. The number of alkyl halides is 1.